The van der Waals surface area contributed by atoms with E-state index in [4.69, 9.17) is 13.3 Å². The molecule has 0 amide bonds. The van der Waals surface area contributed by atoms with Crippen LogP contribution < -0.4 is 4.90 Å². The summed E-state index contributed by atoms with van der Waals surface area (Å²) in [4.78, 5) is 2.32. The Kier molecular flexibility index (Phi) is 6.02. The first-order chi connectivity index (χ1) is 26.8. The normalized spacial score (nSPS) is 12.1. The van der Waals surface area contributed by atoms with Gasteiger partial charge in [0.2, 0.25) is 0 Å². The Morgan fingerprint density at radius 2 is 0.852 bits per heavy atom. The summed E-state index contributed by atoms with van der Waals surface area (Å²) in [5, 5.41) is 11.1. The maximum Gasteiger partial charge on any atom is 0.159 e. The summed E-state index contributed by atoms with van der Waals surface area (Å²) in [6.45, 7) is 0. The van der Waals surface area contributed by atoms with Crippen molar-refractivity contribution in [1.82, 2.24) is 0 Å². The minimum Gasteiger partial charge on any atom is -0.455 e. The van der Waals surface area contributed by atoms with Crippen LogP contribution in [0, 0.1) is 0 Å². The highest BCUT2D eigenvalue weighted by molar-refractivity contribution is 6.21. The van der Waals surface area contributed by atoms with Crippen LogP contribution in [0.25, 0.3) is 98.5 Å². The van der Waals surface area contributed by atoms with Crippen LogP contribution >= 0.6 is 0 Å². The predicted molar refractivity (Wildman–Crippen MR) is 223 cm³/mol. The van der Waals surface area contributed by atoms with E-state index in [1.54, 1.807) is 0 Å². The quantitative estimate of drug-likeness (QED) is 0.184. The lowest BCUT2D eigenvalue weighted by atomic mass is 9.97. The molecule has 0 aliphatic carbocycles. The van der Waals surface area contributed by atoms with Crippen molar-refractivity contribution in [3.8, 4) is 11.1 Å². The van der Waals surface area contributed by atoms with Crippen LogP contribution in [0.2, 0.25) is 0 Å². The minimum absolute atomic E-state index is 0.833. The van der Waals surface area contributed by atoms with E-state index in [1.165, 1.54) is 5.39 Å². The Bertz CT molecular complexity index is 3450. The fourth-order valence-corrected chi connectivity index (χ4v) is 8.62. The Morgan fingerprint density at radius 3 is 1.59 bits per heavy atom. The Labute approximate surface area is 308 Å². The smallest absolute Gasteiger partial charge is 0.159 e. The van der Waals surface area contributed by atoms with Crippen molar-refractivity contribution in [2.24, 2.45) is 0 Å². The first kappa shape index (κ1) is 29.3. The van der Waals surface area contributed by atoms with Gasteiger partial charge in [-0.3, -0.25) is 0 Å². The second-order valence-electron chi connectivity index (χ2n) is 14.0. The van der Waals surface area contributed by atoms with Crippen LogP contribution in [-0.4, -0.2) is 0 Å². The van der Waals surface area contributed by atoms with E-state index in [0.29, 0.717) is 0 Å². The molecule has 3 heterocycles. The van der Waals surface area contributed by atoms with E-state index in [9.17, 15) is 0 Å². The summed E-state index contributed by atoms with van der Waals surface area (Å²) in [5.41, 5.74) is 10.4. The molecule has 0 N–H and O–H groups in total. The fourth-order valence-electron chi connectivity index (χ4n) is 8.62. The lowest BCUT2D eigenvalue weighted by Crippen LogP contribution is -2.10. The molecule has 0 radical (unpaired) electrons. The van der Waals surface area contributed by atoms with Gasteiger partial charge in [0.25, 0.3) is 0 Å². The zero-order valence-electron chi connectivity index (χ0n) is 28.9. The van der Waals surface area contributed by atoms with E-state index in [2.05, 4.69) is 169 Å². The molecule has 4 nitrogen and oxygen atoms in total. The molecule has 3 aromatic heterocycles. The standard InChI is InChI=1S/C50H29NO3/c1-3-12-35-30(10-1)24-28-39-46-34(15-8-20-44(46)53-48(35)39)32-22-26-33(27-23-32)51(42-18-7-16-38-37-14-5-6-19-43(37)52-50(38)42)41-17-9-21-45-47(41)40-29-25-31-11-2-4-13-36(31)49(40)54-45/h1-29H. The number of rotatable bonds is 4. The van der Waals surface area contributed by atoms with Crippen LogP contribution in [0.1, 0.15) is 0 Å². The monoisotopic (exact) mass is 691 g/mol. The number of para-hydroxylation sites is 2. The lowest BCUT2D eigenvalue weighted by molar-refractivity contribution is 0.669. The third-order valence-corrected chi connectivity index (χ3v) is 11.1. The molecule has 0 bridgehead atoms. The molecule has 252 valence electrons. The number of furan rings is 3. The van der Waals surface area contributed by atoms with Crippen LogP contribution in [0.15, 0.2) is 189 Å². The molecular formula is C50H29NO3. The van der Waals surface area contributed by atoms with E-state index in [-0.39, 0.29) is 0 Å². The van der Waals surface area contributed by atoms with Crippen molar-refractivity contribution in [1.29, 1.82) is 0 Å². The van der Waals surface area contributed by atoms with Crippen molar-refractivity contribution in [3.05, 3.63) is 176 Å². The summed E-state index contributed by atoms with van der Waals surface area (Å²) in [6, 6.07) is 61.8. The number of anilines is 3. The van der Waals surface area contributed by atoms with Gasteiger partial charge in [-0.25, -0.2) is 0 Å². The van der Waals surface area contributed by atoms with Gasteiger partial charge in [0.15, 0.2) is 5.58 Å². The van der Waals surface area contributed by atoms with Crippen molar-refractivity contribution in [2.75, 3.05) is 4.90 Å². The molecule has 0 aliphatic rings. The van der Waals surface area contributed by atoms with E-state index in [1.807, 2.05) is 12.1 Å². The molecule has 12 rings (SSSR count). The molecule has 0 unspecified atom stereocenters. The summed E-state index contributed by atoms with van der Waals surface area (Å²) < 4.78 is 19.9. The summed E-state index contributed by atoms with van der Waals surface area (Å²) in [6.07, 6.45) is 0. The largest absolute Gasteiger partial charge is 0.455 e. The highest BCUT2D eigenvalue weighted by Crippen LogP contribution is 2.48. The number of hydrogen-bond donors (Lipinski definition) is 0. The molecule has 12 aromatic rings. The zero-order chi connectivity index (χ0) is 35.3. The summed E-state index contributed by atoms with van der Waals surface area (Å²) in [7, 11) is 0. The van der Waals surface area contributed by atoms with E-state index in [0.717, 1.165) is 110 Å². The van der Waals surface area contributed by atoms with Gasteiger partial charge in [-0.05, 0) is 76.5 Å². The second-order valence-corrected chi connectivity index (χ2v) is 14.0. The molecule has 4 heteroatoms. The molecule has 0 saturated carbocycles. The highest BCUT2D eigenvalue weighted by Gasteiger charge is 2.24. The van der Waals surface area contributed by atoms with Crippen LogP contribution in [0.3, 0.4) is 0 Å². The van der Waals surface area contributed by atoms with Gasteiger partial charge >= 0.3 is 0 Å². The SMILES string of the molecule is c1ccc2c(c1)ccc1c2oc2cccc(-c3ccc(N(c4cccc5c4oc4ccccc45)c4cccc5oc6c7ccccc7ccc6c45)cc3)c21. The molecular weight excluding hydrogens is 663 g/mol. The topological polar surface area (TPSA) is 42.7 Å². The molecule has 0 saturated heterocycles. The first-order valence-corrected chi connectivity index (χ1v) is 18.3. The van der Waals surface area contributed by atoms with Gasteiger partial charge in [-0.2, -0.15) is 0 Å². The van der Waals surface area contributed by atoms with Gasteiger partial charge in [-0.1, -0.05) is 121 Å². The van der Waals surface area contributed by atoms with Crippen LogP contribution in [0.4, 0.5) is 17.1 Å². The predicted octanol–water partition coefficient (Wildman–Crippen LogP) is 14.8. The summed E-state index contributed by atoms with van der Waals surface area (Å²) >= 11 is 0. The third kappa shape index (κ3) is 4.13. The highest BCUT2D eigenvalue weighted by atomic mass is 16.3. The second kappa shape index (κ2) is 11.1. The minimum atomic E-state index is 0.833. The van der Waals surface area contributed by atoms with E-state index >= 15 is 0 Å². The number of nitrogens with zero attached hydrogens (tertiary/aromatic N) is 1. The van der Waals surface area contributed by atoms with Crippen molar-refractivity contribution >= 4 is 104 Å². The molecule has 0 spiro atoms. The first-order valence-electron chi connectivity index (χ1n) is 18.3. The van der Waals surface area contributed by atoms with Crippen molar-refractivity contribution in [3.63, 3.8) is 0 Å². The average Bonchev–Trinajstić information content (AvgIpc) is 3.94. The molecule has 9 aromatic carbocycles. The maximum atomic E-state index is 6.68. The molecule has 0 fully saturated rings. The molecule has 54 heavy (non-hydrogen) atoms. The van der Waals surface area contributed by atoms with Gasteiger partial charge in [0.05, 0.1) is 16.8 Å². The average molecular weight is 692 g/mol. The van der Waals surface area contributed by atoms with Crippen molar-refractivity contribution in [2.45, 2.75) is 0 Å². The van der Waals surface area contributed by atoms with Crippen LogP contribution in [-0.2, 0) is 0 Å². The number of fused-ring (bicyclic) bond motifs is 13. The number of hydrogen-bond acceptors (Lipinski definition) is 4. The Balaban J connectivity index is 1.09. The molecule has 0 atom stereocenters. The lowest BCUT2D eigenvalue weighted by Gasteiger charge is -2.26. The maximum absolute atomic E-state index is 6.68. The van der Waals surface area contributed by atoms with Gasteiger partial charge in [0, 0.05) is 43.4 Å². The van der Waals surface area contributed by atoms with Gasteiger partial charge < -0.3 is 18.2 Å². The summed E-state index contributed by atoms with van der Waals surface area (Å²) in [5.74, 6) is 0. The van der Waals surface area contributed by atoms with Gasteiger partial charge in [-0.15, -0.1) is 0 Å². The Morgan fingerprint density at radius 1 is 0.315 bits per heavy atom. The Hall–Kier alpha value is -7.30. The zero-order valence-corrected chi connectivity index (χ0v) is 28.9. The van der Waals surface area contributed by atoms with Gasteiger partial charge in [0.1, 0.15) is 27.9 Å². The van der Waals surface area contributed by atoms with E-state index < -0.39 is 0 Å². The third-order valence-electron chi connectivity index (χ3n) is 11.1. The molecule has 0 aliphatic heterocycles. The van der Waals surface area contributed by atoms with Crippen molar-refractivity contribution < 1.29 is 13.3 Å². The van der Waals surface area contributed by atoms with Crippen LogP contribution in [0.5, 0.6) is 0 Å². The fraction of sp³-hybridized carbons (Fsp3) is 0. The number of benzene rings is 9.